The maximum atomic E-state index is 11.8. The molecule has 1 atom stereocenters. The second-order valence-electron chi connectivity index (χ2n) is 5.64. The van der Waals surface area contributed by atoms with Gasteiger partial charge < -0.3 is 5.32 Å². The van der Waals surface area contributed by atoms with Crippen LogP contribution in [0.1, 0.15) is 28.5 Å². The van der Waals surface area contributed by atoms with Crippen LogP contribution in [0.3, 0.4) is 0 Å². The molecule has 0 fully saturated rings. The SMILES string of the molecule is O=C(CCl)SC1=NC(c2cccs2)C2=C(N1)c1ccccc1CC2. The van der Waals surface area contributed by atoms with Crippen LogP contribution in [0.25, 0.3) is 5.70 Å². The Morgan fingerprint density at radius 3 is 2.96 bits per heavy atom. The first kappa shape index (κ1) is 15.9. The van der Waals surface area contributed by atoms with Gasteiger partial charge in [0.25, 0.3) is 0 Å². The molecule has 0 spiro atoms. The van der Waals surface area contributed by atoms with E-state index < -0.39 is 0 Å². The van der Waals surface area contributed by atoms with Gasteiger partial charge in [-0.05, 0) is 47.2 Å². The van der Waals surface area contributed by atoms with Crippen molar-refractivity contribution in [3.8, 4) is 0 Å². The van der Waals surface area contributed by atoms with Gasteiger partial charge in [0.05, 0.1) is 5.88 Å². The van der Waals surface area contributed by atoms with E-state index in [-0.39, 0.29) is 17.0 Å². The number of hydrogen-bond donors (Lipinski definition) is 1. The van der Waals surface area contributed by atoms with E-state index in [0.717, 1.165) is 30.3 Å². The van der Waals surface area contributed by atoms with E-state index >= 15 is 0 Å². The molecule has 1 unspecified atom stereocenters. The monoisotopic (exact) mass is 374 g/mol. The number of rotatable bonds is 2. The van der Waals surface area contributed by atoms with E-state index in [0.29, 0.717) is 5.17 Å². The van der Waals surface area contributed by atoms with Gasteiger partial charge in [-0.15, -0.1) is 22.9 Å². The highest BCUT2D eigenvalue weighted by molar-refractivity contribution is 8.26. The van der Waals surface area contributed by atoms with Crippen molar-refractivity contribution < 1.29 is 4.79 Å². The molecule has 0 bridgehead atoms. The molecule has 1 aliphatic heterocycles. The lowest BCUT2D eigenvalue weighted by Crippen LogP contribution is -2.30. The normalized spacial score (nSPS) is 19.2. The van der Waals surface area contributed by atoms with Crippen molar-refractivity contribution in [2.75, 3.05) is 5.88 Å². The van der Waals surface area contributed by atoms with E-state index in [1.807, 2.05) is 6.07 Å². The number of benzene rings is 1. The minimum atomic E-state index is -0.0963. The van der Waals surface area contributed by atoms with Crippen LogP contribution in [-0.4, -0.2) is 16.2 Å². The molecule has 1 aromatic carbocycles. The van der Waals surface area contributed by atoms with Crippen LogP contribution in [0.2, 0.25) is 0 Å². The molecule has 2 aliphatic rings. The number of carbonyl (C=O) groups excluding carboxylic acids is 1. The molecule has 24 heavy (non-hydrogen) atoms. The predicted octanol–water partition coefficient (Wildman–Crippen LogP) is 4.60. The summed E-state index contributed by atoms with van der Waals surface area (Å²) in [6.45, 7) is 0. The van der Waals surface area contributed by atoms with Crippen LogP contribution < -0.4 is 5.32 Å². The third-order valence-corrected chi connectivity index (χ3v) is 6.31. The summed E-state index contributed by atoms with van der Waals surface area (Å²) in [7, 11) is 0. The maximum Gasteiger partial charge on any atom is 0.211 e. The Balaban J connectivity index is 1.79. The molecule has 1 aromatic heterocycles. The summed E-state index contributed by atoms with van der Waals surface area (Å²) in [5.74, 6) is -0.0163. The smallest absolute Gasteiger partial charge is 0.211 e. The Labute approximate surface area is 153 Å². The Bertz CT molecular complexity index is 842. The first-order valence-electron chi connectivity index (χ1n) is 7.72. The minimum absolute atomic E-state index is 0.0137. The van der Waals surface area contributed by atoms with E-state index in [2.05, 4.69) is 41.0 Å². The zero-order valence-corrected chi connectivity index (χ0v) is 15.2. The molecular weight excluding hydrogens is 360 g/mol. The van der Waals surface area contributed by atoms with E-state index in [4.69, 9.17) is 16.6 Å². The van der Waals surface area contributed by atoms with Crippen LogP contribution in [0, 0.1) is 0 Å². The highest BCUT2D eigenvalue weighted by atomic mass is 35.5. The topological polar surface area (TPSA) is 41.5 Å². The highest BCUT2D eigenvalue weighted by Gasteiger charge is 2.31. The first-order chi connectivity index (χ1) is 11.8. The lowest BCUT2D eigenvalue weighted by molar-refractivity contribution is -0.108. The third kappa shape index (κ3) is 2.92. The maximum absolute atomic E-state index is 11.8. The van der Waals surface area contributed by atoms with Gasteiger partial charge in [0.15, 0.2) is 5.17 Å². The van der Waals surface area contributed by atoms with Crippen LogP contribution in [0.5, 0.6) is 0 Å². The fourth-order valence-electron chi connectivity index (χ4n) is 3.17. The number of thioether (sulfide) groups is 1. The average molecular weight is 375 g/mol. The van der Waals surface area contributed by atoms with Crippen LogP contribution >= 0.6 is 34.7 Å². The van der Waals surface area contributed by atoms with Crippen molar-refractivity contribution in [1.82, 2.24) is 5.32 Å². The van der Waals surface area contributed by atoms with Gasteiger partial charge in [0.1, 0.15) is 6.04 Å². The molecule has 0 amide bonds. The van der Waals surface area contributed by atoms with Gasteiger partial charge in [-0.3, -0.25) is 4.79 Å². The Morgan fingerprint density at radius 2 is 2.17 bits per heavy atom. The number of nitrogens with one attached hydrogen (secondary N) is 1. The number of thiophene rings is 1. The second kappa shape index (κ2) is 6.75. The third-order valence-electron chi connectivity index (χ3n) is 4.21. The average Bonchev–Trinajstić information content (AvgIpc) is 3.15. The molecule has 1 aliphatic carbocycles. The molecule has 0 saturated carbocycles. The van der Waals surface area contributed by atoms with Gasteiger partial charge in [0.2, 0.25) is 5.12 Å². The summed E-state index contributed by atoms with van der Waals surface area (Å²) < 4.78 is 0. The molecular formula is C18H15ClN2OS2. The summed E-state index contributed by atoms with van der Waals surface area (Å²) in [5.41, 5.74) is 4.96. The summed E-state index contributed by atoms with van der Waals surface area (Å²) in [5, 5.41) is 5.99. The Morgan fingerprint density at radius 1 is 1.29 bits per heavy atom. The fraction of sp³-hybridized carbons (Fsp3) is 0.222. The fourth-order valence-corrected chi connectivity index (χ4v) is 4.71. The minimum Gasteiger partial charge on any atom is -0.334 e. The standard InChI is InChI=1S/C18H15ClN2OS2/c19-10-15(22)24-18-20-16-12-5-2-1-4-11(12)7-8-13(16)17(21-18)14-6-3-9-23-14/h1-6,9,17H,7-8,10H2,(H,20,21). The second-order valence-corrected chi connectivity index (χ2v) is 7.93. The number of aliphatic imine (C=N–C) groups is 1. The lowest BCUT2D eigenvalue weighted by atomic mass is 9.85. The van der Waals surface area contributed by atoms with Gasteiger partial charge in [-0.1, -0.05) is 30.3 Å². The van der Waals surface area contributed by atoms with Crippen LogP contribution in [-0.2, 0) is 11.2 Å². The van der Waals surface area contributed by atoms with E-state index in [1.54, 1.807) is 11.3 Å². The Hall–Kier alpha value is -1.56. The Kier molecular flexibility index (Phi) is 4.48. The molecule has 0 radical (unpaired) electrons. The van der Waals surface area contributed by atoms with Crippen molar-refractivity contribution in [2.24, 2.45) is 4.99 Å². The molecule has 4 rings (SSSR count). The molecule has 6 heteroatoms. The van der Waals surface area contributed by atoms with E-state index in [9.17, 15) is 4.79 Å². The largest absolute Gasteiger partial charge is 0.334 e. The van der Waals surface area contributed by atoms with Crippen LogP contribution in [0.4, 0.5) is 0 Å². The summed E-state index contributed by atoms with van der Waals surface area (Å²) in [6, 6.07) is 12.6. The number of halogens is 1. The van der Waals surface area contributed by atoms with Crippen LogP contribution in [0.15, 0.2) is 52.3 Å². The quantitative estimate of drug-likeness (QED) is 0.781. The van der Waals surface area contributed by atoms with Gasteiger partial charge in [0, 0.05) is 16.1 Å². The van der Waals surface area contributed by atoms with Crippen molar-refractivity contribution in [3.05, 3.63) is 63.4 Å². The highest BCUT2D eigenvalue weighted by Crippen LogP contribution is 2.42. The first-order valence-corrected chi connectivity index (χ1v) is 9.95. The molecule has 122 valence electrons. The number of hydrogen-bond acceptors (Lipinski definition) is 5. The lowest BCUT2D eigenvalue weighted by Gasteiger charge is -2.31. The summed E-state index contributed by atoms with van der Waals surface area (Å²) in [6.07, 6.45) is 2.00. The number of carbonyl (C=O) groups is 1. The van der Waals surface area contributed by atoms with Gasteiger partial charge in [-0.25, -0.2) is 4.99 Å². The number of amidine groups is 1. The summed E-state index contributed by atoms with van der Waals surface area (Å²) >= 11 is 8.46. The molecule has 1 N–H and O–H groups in total. The zero-order chi connectivity index (χ0) is 16.5. The zero-order valence-electron chi connectivity index (χ0n) is 12.8. The molecule has 2 heterocycles. The number of nitrogens with zero attached hydrogens (tertiary/aromatic N) is 1. The predicted molar refractivity (Wildman–Crippen MR) is 103 cm³/mol. The van der Waals surface area contributed by atoms with Crippen molar-refractivity contribution in [2.45, 2.75) is 18.9 Å². The van der Waals surface area contributed by atoms with E-state index in [1.165, 1.54) is 21.6 Å². The number of alkyl halides is 1. The number of fused-ring (bicyclic) bond motifs is 2. The summed E-state index contributed by atoms with van der Waals surface area (Å²) in [4.78, 5) is 17.8. The van der Waals surface area contributed by atoms with Crippen molar-refractivity contribution >= 4 is 50.7 Å². The van der Waals surface area contributed by atoms with Crippen molar-refractivity contribution in [3.63, 3.8) is 0 Å². The molecule has 3 nitrogen and oxygen atoms in total. The van der Waals surface area contributed by atoms with Gasteiger partial charge >= 0.3 is 0 Å². The molecule has 2 aromatic rings. The number of aryl methyl sites for hydroxylation is 1. The van der Waals surface area contributed by atoms with Crippen molar-refractivity contribution in [1.29, 1.82) is 0 Å². The molecule has 0 saturated heterocycles. The van der Waals surface area contributed by atoms with Gasteiger partial charge in [-0.2, -0.15) is 0 Å².